The van der Waals surface area contributed by atoms with E-state index in [0.717, 1.165) is 23.6 Å². The lowest BCUT2D eigenvalue weighted by atomic mass is 10.3. The van der Waals surface area contributed by atoms with Crippen LogP contribution in [-0.2, 0) is 10.0 Å². The van der Waals surface area contributed by atoms with Crippen LogP contribution in [0.25, 0.3) is 0 Å². The molecule has 0 saturated carbocycles. The molecule has 0 saturated heterocycles. The number of hydrogen-bond donors (Lipinski definition) is 1. The number of sulfonamides is 1. The number of nitrogens with one attached hydrogen (secondary N) is 1. The van der Waals surface area contributed by atoms with Crippen molar-refractivity contribution in [3.05, 3.63) is 40.7 Å². The summed E-state index contributed by atoms with van der Waals surface area (Å²) in [7, 11) is -3.83. The van der Waals surface area contributed by atoms with Crippen molar-refractivity contribution in [2.24, 2.45) is 0 Å². The van der Waals surface area contributed by atoms with E-state index in [9.17, 15) is 12.8 Å². The topological polar surface area (TPSA) is 59.1 Å². The molecule has 0 bridgehead atoms. The molecule has 1 N–H and O–H groups in total. The zero-order valence-corrected chi connectivity index (χ0v) is 10.6. The maximum absolute atomic E-state index is 13.3. The summed E-state index contributed by atoms with van der Waals surface area (Å²) >= 11 is 6.34. The van der Waals surface area contributed by atoms with Gasteiger partial charge in [-0.05, 0) is 12.1 Å². The van der Waals surface area contributed by atoms with Gasteiger partial charge >= 0.3 is 0 Å². The van der Waals surface area contributed by atoms with E-state index in [4.69, 9.17) is 11.6 Å². The van der Waals surface area contributed by atoms with Gasteiger partial charge in [0.2, 0.25) is 0 Å². The molecule has 0 amide bonds. The quantitative estimate of drug-likeness (QED) is 0.946. The largest absolute Gasteiger partial charge is 0.276 e. The van der Waals surface area contributed by atoms with Gasteiger partial charge in [0.15, 0.2) is 8.68 Å². The average molecular weight is 293 g/mol. The fourth-order valence-electron chi connectivity index (χ4n) is 1.10. The van der Waals surface area contributed by atoms with Crippen molar-refractivity contribution >= 4 is 38.6 Å². The highest BCUT2D eigenvalue weighted by molar-refractivity contribution is 7.94. The molecule has 0 atom stereocenters. The SMILES string of the molecule is O=S(=O)(Nc1ccccc1F)c1cnc(Cl)s1. The molecule has 0 radical (unpaired) electrons. The lowest BCUT2D eigenvalue weighted by Gasteiger charge is -2.06. The maximum atomic E-state index is 13.3. The minimum atomic E-state index is -3.83. The number of anilines is 1. The first-order valence-electron chi connectivity index (χ1n) is 4.38. The maximum Gasteiger partial charge on any atom is 0.273 e. The van der Waals surface area contributed by atoms with Gasteiger partial charge in [-0.3, -0.25) is 4.72 Å². The molecule has 17 heavy (non-hydrogen) atoms. The van der Waals surface area contributed by atoms with Crippen LogP contribution in [0.1, 0.15) is 0 Å². The summed E-state index contributed by atoms with van der Waals surface area (Å²) in [4.78, 5) is 3.62. The average Bonchev–Trinajstić information content (AvgIpc) is 2.69. The standard InChI is InChI=1S/C9H6ClFN2O2S2/c10-9-12-5-8(16-9)17(14,15)13-7-4-2-1-3-6(7)11/h1-5,13H. The highest BCUT2D eigenvalue weighted by atomic mass is 35.5. The predicted molar refractivity (Wildman–Crippen MR) is 64.3 cm³/mol. The molecule has 1 heterocycles. The Morgan fingerprint density at radius 1 is 1.35 bits per heavy atom. The zero-order chi connectivity index (χ0) is 12.5. The molecule has 8 heteroatoms. The molecule has 0 fully saturated rings. The fraction of sp³-hybridized carbons (Fsp3) is 0. The second kappa shape index (κ2) is 4.59. The Morgan fingerprint density at radius 3 is 2.65 bits per heavy atom. The van der Waals surface area contributed by atoms with E-state index in [-0.39, 0.29) is 14.4 Å². The van der Waals surface area contributed by atoms with Crippen LogP contribution in [0.15, 0.2) is 34.7 Å². The Balaban J connectivity index is 2.33. The van der Waals surface area contributed by atoms with Crippen molar-refractivity contribution in [2.75, 3.05) is 4.72 Å². The fourth-order valence-corrected chi connectivity index (χ4v) is 3.46. The number of nitrogens with zero attached hydrogens (tertiary/aromatic N) is 1. The molecule has 0 aliphatic carbocycles. The third kappa shape index (κ3) is 2.74. The van der Waals surface area contributed by atoms with Crippen LogP contribution in [0.5, 0.6) is 0 Å². The summed E-state index contributed by atoms with van der Waals surface area (Å²) in [5.41, 5.74) is -0.114. The molecule has 90 valence electrons. The third-order valence-electron chi connectivity index (χ3n) is 1.84. The van der Waals surface area contributed by atoms with Gasteiger partial charge in [0, 0.05) is 0 Å². The van der Waals surface area contributed by atoms with Gasteiger partial charge in [0.25, 0.3) is 10.0 Å². The number of para-hydroxylation sites is 1. The van der Waals surface area contributed by atoms with E-state index in [1.807, 2.05) is 0 Å². The Bertz CT molecular complexity index is 642. The van der Waals surface area contributed by atoms with E-state index < -0.39 is 15.8 Å². The first-order valence-corrected chi connectivity index (χ1v) is 7.05. The van der Waals surface area contributed by atoms with E-state index in [1.54, 1.807) is 0 Å². The monoisotopic (exact) mass is 292 g/mol. The van der Waals surface area contributed by atoms with Gasteiger partial charge in [0.1, 0.15) is 5.82 Å². The van der Waals surface area contributed by atoms with E-state index in [0.29, 0.717) is 0 Å². The van der Waals surface area contributed by atoms with Crippen LogP contribution in [0.2, 0.25) is 4.47 Å². The summed E-state index contributed by atoms with van der Waals surface area (Å²) in [6, 6.07) is 5.49. The lowest BCUT2D eigenvalue weighted by molar-refractivity contribution is 0.600. The van der Waals surface area contributed by atoms with E-state index in [2.05, 4.69) is 9.71 Å². The second-order valence-corrected chi connectivity index (χ2v) is 6.54. The number of benzene rings is 1. The van der Waals surface area contributed by atoms with Gasteiger partial charge in [-0.2, -0.15) is 0 Å². The van der Waals surface area contributed by atoms with Crippen LogP contribution in [0.4, 0.5) is 10.1 Å². The normalized spacial score (nSPS) is 11.4. The molecule has 1 aromatic carbocycles. The molecule has 0 spiro atoms. The molecular weight excluding hydrogens is 287 g/mol. The molecule has 0 aliphatic rings. The van der Waals surface area contributed by atoms with Crippen LogP contribution in [0, 0.1) is 5.82 Å². The highest BCUT2D eigenvalue weighted by Gasteiger charge is 2.18. The summed E-state index contributed by atoms with van der Waals surface area (Å²) < 4.78 is 39.0. The van der Waals surface area contributed by atoms with Crippen molar-refractivity contribution in [3.63, 3.8) is 0 Å². The number of rotatable bonds is 3. The first-order chi connectivity index (χ1) is 7.99. The van der Waals surface area contributed by atoms with Crippen molar-refractivity contribution < 1.29 is 12.8 Å². The second-order valence-electron chi connectivity index (χ2n) is 3.02. The van der Waals surface area contributed by atoms with E-state index in [1.165, 1.54) is 18.2 Å². The Morgan fingerprint density at radius 2 is 2.06 bits per heavy atom. The van der Waals surface area contributed by atoms with Crippen LogP contribution >= 0.6 is 22.9 Å². The lowest BCUT2D eigenvalue weighted by Crippen LogP contribution is -2.12. The van der Waals surface area contributed by atoms with Crippen LogP contribution in [-0.4, -0.2) is 13.4 Å². The first kappa shape index (κ1) is 12.3. The summed E-state index contributed by atoms with van der Waals surface area (Å²) in [5.74, 6) is -0.647. The molecule has 2 aromatic rings. The Kier molecular flexibility index (Phi) is 3.32. The van der Waals surface area contributed by atoms with Gasteiger partial charge in [-0.15, -0.1) is 0 Å². The van der Waals surface area contributed by atoms with Crippen molar-refractivity contribution in [3.8, 4) is 0 Å². The molecule has 0 unspecified atom stereocenters. The third-order valence-corrected chi connectivity index (χ3v) is 4.78. The van der Waals surface area contributed by atoms with Crippen molar-refractivity contribution in [1.82, 2.24) is 4.98 Å². The minimum Gasteiger partial charge on any atom is -0.276 e. The van der Waals surface area contributed by atoms with Crippen molar-refractivity contribution in [1.29, 1.82) is 0 Å². The Hall–Kier alpha value is -1.18. The Labute approximate surface area is 106 Å². The molecular formula is C9H6ClFN2O2S2. The number of aromatic nitrogens is 1. The van der Waals surface area contributed by atoms with Crippen molar-refractivity contribution in [2.45, 2.75) is 4.21 Å². The highest BCUT2D eigenvalue weighted by Crippen LogP contribution is 2.25. The summed E-state index contributed by atoms with van der Waals surface area (Å²) in [6.45, 7) is 0. The molecule has 0 aliphatic heterocycles. The number of hydrogen-bond acceptors (Lipinski definition) is 4. The van der Waals surface area contributed by atoms with Crippen LogP contribution < -0.4 is 4.72 Å². The smallest absolute Gasteiger partial charge is 0.273 e. The van der Waals surface area contributed by atoms with Gasteiger partial charge < -0.3 is 0 Å². The number of halogens is 2. The summed E-state index contributed by atoms with van der Waals surface area (Å²) in [6.07, 6.45) is 1.12. The van der Waals surface area contributed by atoms with E-state index >= 15 is 0 Å². The summed E-state index contributed by atoms with van der Waals surface area (Å²) in [5, 5.41) is 0. The van der Waals surface area contributed by atoms with Crippen LogP contribution in [0.3, 0.4) is 0 Å². The molecule has 2 rings (SSSR count). The minimum absolute atomic E-state index is 0.0641. The predicted octanol–water partition coefficient (Wildman–Crippen LogP) is 2.74. The van der Waals surface area contributed by atoms with Gasteiger partial charge in [0.05, 0.1) is 11.9 Å². The number of thiazole rings is 1. The molecule has 4 nitrogen and oxygen atoms in total. The van der Waals surface area contributed by atoms with Gasteiger partial charge in [-0.25, -0.2) is 17.8 Å². The molecule has 1 aromatic heterocycles. The van der Waals surface area contributed by atoms with Gasteiger partial charge in [-0.1, -0.05) is 35.1 Å². The zero-order valence-electron chi connectivity index (χ0n) is 8.22.